The zero-order valence-electron chi connectivity index (χ0n) is 19.8. The molecule has 0 spiro atoms. The number of halogens is 1. The predicted octanol–water partition coefficient (Wildman–Crippen LogP) is 4.21. The van der Waals surface area contributed by atoms with E-state index in [1.165, 1.54) is 4.90 Å². The minimum atomic E-state index is -0.691. The molecule has 1 saturated carbocycles. The quantitative estimate of drug-likeness (QED) is 0.464. The molecule has 184 valence electrons. The second kappa shape index (κ2) is 9.60. The highest BCUT2D eigenvalue weighted by Gasteiger charge is 2.40. The lowest BCUT2D eigenvalue weighted by atomic mass is 10.0. The smallest absolute Gasteiger partial charge is 0.331 e. The second-order valence-electron chi connectivity index (χ2n) is 9.74. The number of urea groups is 1. The molecule has 0 radical (unpaired) electrons. The monoisotopic (exact) mass is 540 g/mol. The number of aromatic nitrogens is 1. The number of fused-ring (bicyclic) bond motifs is 1. The molecule has 1 aromatic carbocycles. The number of nitrogens with zero attached hydrogens (tertiary/aromatic N) is 3. The average molecular weight is 541 g/mol. The Bertz CT molecular complexity index is 1240. The molecule has 8 nitrogen and oxygen atoms in total. The molecule has 0 bridgehead atoms. The molecule has 5 rings (SSSR count). The maximum Gasteiger partial charge on any atom is 0.331 e. The summed E-state index contributed by atoms with van der Waals surface area (Å²) in [5, 5.41) is 3.15. The Morgan fingerprint density at radius 1 is 1.11 bits per heavy atom. The lowest BCUT2D eigenvalue weighted by molar-refractivity contribution is -0.135. The van der Waals surface area contributed by atoms with E-state index in [0.29, 0.717) is 5.56 Å². The zero-order valence-corrected chi connectivity index (χ0v) is 21.3. The first-order chi connectivity index (χ1) is 16.8. The van der Waals surface area contributed by atoms with Crippen LogP contribution in [0.1, 0.15) is 57.4 Å². The third-order valence-electron chi connectivity index (χ3n) is 7.43. The van der Waals surface area contributed by atoms with E-state index < -0.39 is 17.8 Å². The van der Waals surface area contributed by atoms with Gasteiger partial charge >= 0.3 is 6.03 Å². The SMILES string of the molecule is C[C@H]1CCCCN1C(=O)Cn1cc(/C=C2/C(=O)NC(=O)N(C3CCCC3)C2=O)c2cc(Br)ccc21. The van der Waals surface area contributed by atoms with E-state index in [1.807, 2.05) is 33.9 Å². The van der Waals surface area contributed by atoms with Crippen LogP contribution in [0.3, 0.4) is 0 Å². The number of barbiturate groups is 1. The molecule has 35 heavy (non-hydrogen) atoms. The Labute approximate surface area is 212 Å². The summed E-state index contributed by atoms with van der Waals surface area (Å²) in [6.07, 6.45) is 9.95. The van der Waals surface area contributed by atoms with E-state index >= 15 is 0 Å². The fourth-order valence-corrected chi connectivity index (χ4v) is 5.93. The van der Waals surface area contributed by atoms with E-state index in [1.54, 1.807) is 6.08 Å². The molecule has 0 unspecified atom stereocenters. The zero-order chi connectivity index (χ0) is 24.7. The Morgan fingerprint density at radius 3 is 2.60 bits per heavy atom. The Hall–Kier alpha value is -2.94. The third-order valence-corrected chi connectivity index (χ3v) is 7.92. The van der Waals surface area contributed by atoms with Crippen LogP contribution in [0.5, 0.6) is 0 Å². The Kier molecular flexibility index (Phi) is 6.53. The van der Waals surface area contributed by atoms with Crippen molar-refractivity contribution in [1.29, 1.82) is 0 Å². The van der Waals surface area contributed by atoms with Crippen LogP contribution in [0, 0.1) is 0 Å². The Balaban J connectivity index is 1.50. The normalized spacial score (nSPS) is 23.0. The minimum absolute atomic E-state index is 0.0562. The van der Waals surface area contributed by atoms with Crippen LogP contribution in [0.15, 0.2) is 34.4 Å². The van der Waals surface area contributed by atoms with E-state index in [9.17, 15) is 19.2 Å². The lowest BCUT2D eigenvalue weighted by Crippen LogP contribution is -2.57. The highest BCUT2D eigenvalue weighted by molar-refractivity contribution is 9.10. The molecular weight excluding hydrogens is 512 g/mol. The number of benzene rings is 1. The lowest BCUT2D eigenvalue weighted by Gasteiger charge is -2.33. The highest BCUT2D eigenvalue weighted by atomic mass is 79.9. The van der Waals surface area contributed by atoms with Gasteiger partial charge in [0.15, 0.2) is 0 Å². The van der Waals surface area contributed by atoms with Crippen molar-refractivity contribution in [2.45, 2.75) is 70.5 Å². The standard InChI is InChI=1S/C26H29BrN4O4/c1-16-6-4-5-11-30(16)23(32)15-29-14-17(20-13-18(27)9-10-22(20)29)12-21-24(33)28-26(35)31(25(21)34)19-7-2-3-8-19/h9-10,12-14,16,19H,2-8,11,15H2,1H3,(H,28,33,35)/b21-12-/t16-/m0/s1. The van der Waals surface area contributed by atoms with Gasteiger partial charge in [0.1, 0.15) is 12.1 Å². The minimum Gasteiger partial charge on any atom is -0.338 e. The average Bonchev–Trinajstić information content (AvgIpc) is 3.45. The number of rotatable bonds is 4. The van der Waals surface area contributed by atoms with Gasteiger partial charge in [-0.25, -0.2) is 4.79 Å². The molecule has 1 aromatic heterocycles. The molecule has 1 N–H and O–H groups in total. The van der Waals surface area contributed by atoms with Crippen molar-refractivity contribution in [3.05, 3.63) is 40.0 Å². The fourth-order valence-electron chi connectivity index (χ4n) is 5.57. The number of imide groups is 2. The molecular formula is C26H29BrN4O4. The number of piperidine rings is 1. The van der Waals surface area contributed by atoms with E-state index in [4.69, 9.17) is 0 Å². The third kappa shape index (κ3) is 4.53. The second-order valence-corrected chi connectivity index (χ2v) is 10.7. The number of nitrogens with one attached hydrogen (secondary N) is 1. The molecule has 2 aliphatic heterocycles. The van der Waals surface area contributed by atoms with Gasteiger partial charge in [0.2, 0.25) is 5.91 Å². The summed E-state index contributed by atoms with van der Waals surface area (Å²) in [5.41, 5.74) is 1.43. The van der Waals surface area contributed by atoms with Gasteiger partial charge in [0.05, 0.1) is 0 Å². The van der Waals surface area contributed by atoms with Crippen molar-refractivity contribution >= 4 is 56.7 Å². The molecule has 2 aromatic rings. The number of hydrogen-bond acceptors (Lipinski definition) is 4. The number of amides is 5. The van der Waals surface area contributed by atoms with Crippen molar-refractivity contribution in [3.8, 4) is 0 Å². The molecule has 5 amide bonds. The van der Waals surface area contributed by atoms with E-state index in [-0.39, 0.29) is 30.1 Å². The van der Waals surface area contributed by atoms with Gasteiger partial charge in [0.25, 0.3) is 11.8 Å². The van der Waals surface area contributed by atoms with Gasteiger partial charge in [-0.1, -0.05) is 28.8 Å². The van der Waals surface area contributed by atoms with Crippen LogP contribution in [-0.2, 0) is 20.9 Å². The molecule has 3 aliphatic rings. The van der Waals surface area contributed by atoms with Crippen molar-refractivity contribution in [2.24, 2.45) is 0 Å². The maximum absolute atomic E-state index is 13.3. The summed E-state index contributed by atoms with van der Waals surface area (Å²) >= 11 is 3.50. The van der Waals surface area contributed by atoms with Crippen LogP contribution < -0.4 is 5.32 Å². The molecule has 3 fully saturated rings. The summed E-state index contributed by atoms with van der Waals surface area (Å²) in [7, 11) is 0. The van der Waals surface area contributed by atoms with Crippen LogP contribution >= 0.6 is 15.9 Å². The van der Waals surface area contributed by atoms with Crippen molar-refractivity contribution in [1.82, 2.24) is 19.7 Å². The summed E-state index contributed by atoms with van der Waals surface area (Å²) in [6, 6.07) is 5.14. The first-order valence-electron chi connectivity index (χ1n) is 12.3. The molecule has 2 saturated heterocycles. The Morgan fingerprint density at radius 2 is 1.86 bits per heavy atom. The largest absolute Gasteiger partial charge is 0.338 e. The molecule has 1 atom stereocenters. The van der Waals surface area contributed by atoms with Gasteiger partial charge in [0, 0.05) is 45.8 Å². The van der Waals surface area contributed by atoms with Crippen LogP contribution in [0.25, 0.3) is 17.0 Å². The fraction of sp³-hybridized carbons (Fsp3) is 0.462. The molecule has 9 heteroatoms. The summed E-state index contributed by atoms with van der Waals surface area (Å²) < 4.78 is 2.73. The van der Waals surface area contributed by atoms with Gasteiger partial charge in [-0.3, -0.25) is 24.6 Å². The predicted molar refractivity (Wildman–Crippen MR) is 135 cm³/mol. The first kappa shape index (κ1) is 23.8. The number of likely N-dealkylation sites (tertiary alicyclic amines) is 1. The summed E-state index contributed by atoms with van der Waals surface area (Å²) in [4.78, 5) is 54.7. The number of carbonyl (C=O) groups excluding carboxylic acids is 4. The van der Waals surface area contributed by atoms with Gasteiger partial charge < -0.3 is 9.47 Å². The van der Waals surface area contributed by atoms with Crippen LogP contribution in [-0.4, -0.2) is 56.7 Å². The summed E-state index contributed by atoms with van der Waals surface area (Å²) in [6.45, 7) is 3.03. The number of hydrogen-bond donors (Lipinski definition) is 1. The van der Waals surface area contributed by atoms with Crippen LogP contribution in [0.2, 0.25) is 0 Å². The van der Waals surface area contributed by atoms with Crippen molar-refractivity contribution in [3.63, 3.8) is 0 Å². The first-order valence-corrected chi connectivity index (χ1v) is 13.1. The van der Waals surface area contributed by atoms with E-state index in [2.05, 4.69) is 28.2 Å². The van der Waals surface area contributed by atoms with Crippen LogP contribution in [0.4, 0.5) is 4.79 Å². The molecule has 3 heterocycles. The van der Waals surface area contributed by atoms with Gasteiger partial charge in [-0.05, 0) is 63.3 Å². The maximum atomic E-state index is 13.3. The van der Waals surface area contributed by atoms with Crippen molar-refractivity contribution in [2.75, 3.05) is 6.54 Å². The number of carbonyl (C=O) groups is 4. The topological polar surface area (TPSA) is 91.7 Å². The summed E-state index contributed by atoms with van der Waals surface area (Å²) in [5.74, 6) is -1.19. The molecule has 1 aliphatic carbocycles. The van der Waals surface area contributed by atoms with Crippen molar-refractivity contribution < 1.29 is 19.2 Å². The van der Waals surface area contributed by atoms with Gasteiger partial charge in [-0.2, -0.15) is 0 Å². The van der Waals surface area contributed by atoms with E-state index in [0.717, 1.165) is 66.9 Å². The van der Waals surface area contributed by atoms with Gasteiger partial charge in [-0.15, -0.1) is 0 Å². The highest BCUT2D eigenvalue weighted by Crippen LogP contribution is 2.30.